The number of phenolic OH excluding ortho intramolecular Hbond substituents is 1. The molecule has 0 aromatic heterocycles. The van der Waals surface area contributed by atoms with E-state index in [0.29, 0.717) is 19.4 Å². The van der Waals surface area contributed by atoms with Crippen molar-refractivity contribution in [2.45, 2.75) is 32.0 Å². The summed E-state index contributed by atoms with van der Waals surface area (Å²) in [7, 11) is 0. The Kier molecular flexibility index (Phi) is 5.53. The highest BCUT2D eigenvalue weighted by atomic mass is 16.6. The highest BCUT2D eigenvalue weighted by Crippen LogP contribution is 2.30. The average Bonchev–Trinajstić information content (AvgIpc) is 3.12. The van der Waals surface area contributed by atoms with Crippen LogP contribution in [0.5, 0.6) is 5.75 Å². The maximum Gasteiger partial charge on any atom is 0.333 e. The van der Waals surface area contributed by atoms with Gasteiger partial charge in [-0.3, -0.25) is 0 Å². The van der Waals surface area contributed by atoms with Crippen LogP contribution in [0, 0.1) is 0 Å². The van der Waals surface area contributed by atoms with Gasteiger partial charge >= 0.3 is 5.97 Å². The first-order valence-electron chi connectivity index (χ1n) is 8.52. The van der Waals surface area contributed by atoms with Crippen LogP contribution in [0.4, 0.5) is 0 Å². The molecule has 0 bridgehead atoms. The lowest BCUT2D eigenvalue weighted by atomic mass is 9.97. The summed E-state index contributed by atoms with van der Waals surface area (Å²) in [6.45, 7) is 2.13. The van der Waals surface area contributed by atoms with E-state index >= 15 is 0 Å². The van der Waals surface area contributed by atoms with E-state index in [1.165, 1.54) is 0 Å². The molecule has 1 unspecified atom stereocenters. The molecular weight excluding hydrogens is 334 g/mol. The van der Waals surface area contributed by atoms with Crippen LogP contribution < -0.4 is 0 Å². The second-order valence-corrected chi connectivity index (χ2v) is 6.11. The van der Waals surface area contributed by atoms with Crippen molar-refractivity contribution in [1.29, 1.82) is 0 Å². The molecule has 1 aliphatic rings. The molecule has 2 aromatic rings. The number of hydrogen-bond acceptors (Lipinski definition) is 5. The van der Waals surface area contributed by atoms with E-state index in [0.717, 1.165) is 22.4 Å². The van der Waals surface area contributed by atoms with Gasteiger partial charge in [0.1, 0.15) is 5.75 Å². The smallest absolute Gasteiger partial charge is 0.333 e. The molecule has 2 N–H and O–H groups in total. The molecule has 0 aliphatic carbocycles. The van der Waals surface area contributed by atoms with Crippen molar-refractivity contribution in [2.75, 3.05) is 6.61 Å². The van der Waals surface area contributed by atoms with Crippen molar-refractivity contribution in [3.05, 3.63) is 65.2 Å². The van der Waals surface area contributed by atoms with E-state index < -0.39 is 12.1 Å². The van der Waals surface area contributed by atoms with Crippen LogP contribution in [-0.2, 0) is 20.8 Å². The maximum absolute atomic E-state index is 11.3. The number of benzene rings is 2. The van der Waals surface area contributed by atoms with Gasteiger partial charge in [0, 0.05) is 19.4 Å². The zero-order valence-corrected chi connectivity index (χ0v) is 14.5. The van der Waals surface area contributed by atoms with E-state index in [1.807, 2.05) is 36.4 Å². The first-order valence-corrected chi connectivity index (χ1v) is 8.52. The quantitative estimate of drug-likeness (QED) is 0.796. The molecule has 2 atom stereocenters. The van der Waals surface area contributed by atoms with Gasteiger partial charge in [-0.2, -0.15) is 0 Å². The fraction of sp³-hybridized carbons (Fsp3) is 0.300. The maximum atomic E-state index is 11.3. The lowest BCUT2D eigenvalue weighted by molar-refractivity contribution is -0.149. The summed E-state index contributed by atoms with van der Waals surface area (Å²) in [6.07, 6.45) is -0.139. The van der Waals surface area contributed by atoms with Gasteiger partial charge in [-0.1, -0.05) is 35.5 Å². The van der Waals surface area contributed by atoms with Crippen molar-refractivity contribution in [3.63, 3.8) is 0 Å². The van der Waals surface area contributed by atoms with Crippen LogP contribution in [0.25, 0.3) is 0 Å². The van der Waals surface area contributed by atoms with Gasteiger partial charge in [-0.25, -0.2) is 4.79 Å². The number of rotatable bonds is 7. The molecule has 26 heavy (non-hydrogen) atoms. The number of carbonyl (C=O) groups is 1. The number of nitrogens with zero attached hydrogens (tertiary/aromatic N) is 1. The van der Waals surface area contributed by atoms with Gasteiger partial charge in [0.15, 0.2) is 12.2 Å². The highest BCUT2D eigenvalue weighted by molar-refractivity contribution is 6.01. The molecule has 0 radical (unpaired) electrons. The first-order chi connectivity index (χ1) is 12.6. The van der Waals surface area contributed by atoms with E-state index in [4.69, 9.17) is 9.57 Å². The van der Waals surface area contributed by atoms with Gasteiger partial charge in [0.05, 0.1) is 5.71 Å². The lowest BCUT2D eigenvalue weighted by Gasteiger charge is -2.13. The normalized spacial score (nSPS) is 17.4. The topological polar surface area (TPSA) is 88.4 Å². The number of carboxylic acid groups (broad SMARTS) is 1. The number of ether oxygens (including phenoxy) is 1. The zero-order chi connectivity index (χ0) is 18.5. The van der Waals surface area contributed by atoms with Crippen molar-refractivity contribution in [3.8, 4) is 5.75 Å². The molecule has 3 rings (SSSR count). The molecule has 0 saturated carbocycles. The summed E-state index contributed by atoms with van der Waals surface area (Å²) in [4.78, 5) is 16.8. The second-order valence-electron chi connectivity index (χ2n) is 6.11. The summed E-state index contributed by atoms with van der Waals surface area (Å²) in [6, 6.07) is 14.5. The molecule has 1 heterocycles. The highest BCUT2D eigenvalue weighted by Gasteiger charge is 2.24. The lowest BCUT2D eigenvalue weighted by Crippen LogP contribution is -2.26. The predicted octanol–water partition coefficient (Wildman–Crippen LogP) is 3.29. The molecule has 0 spiro atoms. The zero-order valence-electron chi connectivity index (χ0n) is 14.5. The fourth-order valence-electron chi connectivity index (χ4n) is 2.93. The third-order valence-corrected chi connectivity index (χ3v) is 4.26. The summed E-state index contributed by atoms with van der Waals surface area (Å²) < 4.78 is 5.28. The number of aliphatic carboxylic acids is 1. The Morgan fingerprint density at radius 2 is 2.08 bits per heavy atom. The molecule has 1 aliphatic heterocycles. The summed E-state index contributed by atoms with van der Waals surface area (Å²) in [5.41, 5.74) is 3.54. The van der Waals surface area contributed by atoms with E-state index in [1.54, 1.807) is 19.1 Å². The molecule has 0 saturated heterocycles. The Balaban J connectivity index is 1.70. The fourth-order valence-corrected chi connectivity index (χ4v) is 2.93. The monoisotopic (exact) mass is 355 g/mol. The van der Waals surface area contributed by atoms with Crippen LogP contribution in [-0.4, -0.2) is 34.6 Å². The Hall–Kier alpha value is -2.86. The second kappa shape index (κ2) is 8.01. The van der Waals surface area contributed by atoms with Crippen molar-refractivity contribution < 1.29 is 24.6 Å². The van der Waals surface area contributed by atoms with Gasteiger partial charge in [0.25, 0.3) is 0 Å². The molecule has 2 aromatic carbocycles. The van der Waals surface area contributed by atoms with Crippen LogP contribution in [0.3, 0.4) is 0 Å². The minimum absolute atomic E-state index is 0.190. The molecule has 0 fully saturated rings. The molecule has 6 heteroatoms. The number of phenols is 1. The molecule has 0 amide bonds. The summed E-state index contributed by atoms with van der Waals surface area (Å²) in [5.74, 6) is -0.755. The molecule has 136 valence electrons. The van der Waals surface area contributed by atoms with Gasteiger partial charge < -0.3 is 19.8 Å². The number of carboxylic acids is 1. The first kappa shape index (κ1) is 17.9. The van der Waals surface area contributed by atoms with Crippen LogP contribution in [0.2, 0.25) is 0 Å². The Morgan fingerprint density at radius 1 is 1.31 bits per heavy atom. The van der Waals surface area contributed by atoms with Crippen LogP contribution in [0.15, 0.2) is 53.7 Å². The van der Waals surface area contributed by atoms with Gasteiger partial charge in [0.2, 0.25) is 0 Å². The minimum Gasteiger partial charge on any atom is -0.508 e. The standard InChI is InChI=1S/C20H21NO5/c1-2-25-19(20(23)24)11-13-4-3-5-15(10-13)17-12-18(26-21-17)14-6-8-16(22)9-7-14/h3-10,18-19,22H,2,11-12H2,1H3,(H,23,24)/t18?,19-/m0/s1. The van der Waals surface area contributed by atoms with Gasteiger partial charge in [-0.05, 0) is 41.8 Å². The van der Waals surface area contributed by atoms with E-state index in [9.17, 15) is 15.0 Å². The Morgan fingerprint density at radius 3 is 2.77 bits per heavy atom. The third-order valence-electron chi connectivity index (χ3n) is 4.26. The SMILES string of the molecule is CCO[C@@H](Cc1cccc(C2=NOC(c3ccc(O)cc3)C2)c1)C(=O)O. The van der Waals surface area contributed by atoms with Crippen molar-refractivity contribution in [1.82, 2.24) is 0 Å². The van der Waals surface area contributed by atoms with Crippen LogP contribution >= 0.6 is 0 Å². The largest absolute Gasteiger partial charge is 0.508 e. The predicted molar refractivity (Wildman–Crippen MR) is 96.3 cm³/mol. The number of hydrogen-bond donors (Lipinski definition) is 2. The summed E-state index contributed by atoms with van der Waals surface area (Å²) in [5, 5.41) is 22.8. The molecular formula is C20H21NO5. The Labute approximate surface area is 151 Å². The average molecular weight is 355 g/mol. The van der Waals surface area contributed by atoms with Crippen molar-refractivity contribution in [2.24, 2.45) is 5.16 Å². The van der Waals surface area contributed by atoms with Crippen molar-refractivity contribution >= 4 is 11.7 Å². The Bertz CT molecular complexity index is 800. The molecule has 6 nitrogen and oxygen atoms in total. The van der Waals surface area contributed by atoms with Crippen LogP contribution in [0.1, 0.15) is 36.1 Å². The van der Waals surface area contributed by atoms with E-state index in [-0.39, 0.29) is 11.9 Å². The number of aromatic hydroxyl groups is 1. The van der Waals surface area contributed by atoms with Gasteiger partial charge in [-0.15, -0.1) is 0 Å². The number of oxime groups is 1. The third kappa shape index (κ3) is 4.21. The summed E-state index contributed by atoms with van der Waals surface area (Å²) >= 11 is 0. The van der Waals surface area contributed by atoms with E-state index in [2.05, 4.69) is 5.16 Å². The minimum atomic E-state index is -0.966.